The number of hydrogen-bond donors (Lipinski definition) is 2. The lowest BCUT2D eigenvalue weighted by Crippen LogP contribution is -2.53. The molecule has 174 valence electrons. The number of nitrogens with zero attached hydrogens (tertiary/aromatic N) is 5. The minimum absolute atomic E-state index is 0.387. The maximum atomic E-state index is 5.66. The van der Waals surface area contributed by atoms with E-state index in [4.69, 9.17) is 14.7 Å². The summed E-state index contributed by atoms with van der Waals surface area (Å²) < 4.78 is 5.66. The molecule has 1 saturated heterocycles. The molecule has 1 aliphatic heterocycles. The lowest BCUT2D eigenvalue weighted by Gasteiger charge is -2.37. The van der Waals surface area contributed by atoms with Crippen LogP contribution in [0.4, 0.5) is 17.3 Å². The number of hydrogen-bond acceptors (Lipinski definition) is 8. The van der Waals surface area contributed by atoms with E-state index >= 15 is 0 Å². The van der Waals surface area contributed by atoms with Crippen molar-refractivity contribution < 1.29 is 4.74 Å². The van der Waals surface area contributed by atoms with Crippen molar-refractivity contribution in [2.75, 3.05) is 37.0 Å². The van der Waals surface area contributed by atoms with Crippen LogP contribution in [-0.4, -0.2) is 52.7 Å². The second-order valence-electron chi connectivity index (χ2n) is 8.78. The summed E-state index contributed by atoms with van der Waals surface area (Å²) in [5.41, 5.74) is 2.62. The first kappa shape index (κ1) is 22.0. The molecule has 1 fully saturated rings. The van der Waals surface area contributed by atoms with Crippen LogP contribution in [0.25, 0.3) is 22.3 Å². The fraction of sp³-hybridized carbons (Fsp3) is 0.308. The third kappa shape index (κ3) is 4.49. The average Bonchev–Trinajstić information content (AvgIpc) is 2.88. The number of anilines is 3. The molecule has 8 heteroatoms. The van der Waals surface area contributed by atoms with Gasteiger partial charge in [0.2, 0.25) is 0 Å². The van der Waals surface area contributed by atoms with Crippen LogP contribution in [0.2, 0.25) is 0 Å². The van der Waals surface area contributed by atoms with Crippen molar-refractivity contribution in [1.82, 2.24) is 25.3 Å². The zero-order valence-electron chi connectivity index (χ0n) is 19.7. The molecule has 4 aromatic rings. The van der Waals surface area contributed by atoms with Crippen LogP contribution in [0.3, 0.4) is 0 Å². The monoisotopic (exact) mass is 455 g/mol. The Morgan fingerprint density at radius 2 is 1.97 bits per heavy atom. The van der Waals surface area contributed by atoms with Crippen molar-refractivity contribution in [1.29, 1.82) is 0 Å². The Labute approximate surface area is 199 Å². The van der Waals surface area contributed by atoms with Crippen molar-refractivity contribution in [3.63, 3.8) is 0 Å². The fourth-order valence-electron chi connectivity index (χ4n) is 4.27. The maximum Gasteiger partial charge on any atom is 0.162 e. The molecule has 3 aromatic heterocycles. The zero-order valence-corrected chi connectivity index (χ0v) is 19.7. The predicted molar refractivity (Wildman–Crippen MR) is 136 cm³/mol. The second kappa shape index (κ2) is 9.61. The molecule has 0 bridgehead atoms. The van der Waals surface area contributed by atoms with Gasteiger partial charge in [0.15, 0.2) is 5.82 Å². The third-order valence-electron chi connectivity index (χ3n) is 6.15. The molecule has 5 rings (SSSR count). The highest BCUT2D eigenvalue weighted by molar-refractivity contribution is 5.95. The number of aromatic nitrogens is 4. The van der Waals surface area contributed by atoms with Gasteiger partial charge in [-0.1, -0.05) is 32.0 Å². The van der Waals surface area contributed by atoms with Gasteiger partial charge in [0.1, 0.15) is 17.4 Å². The van der Waals surface area contributed by atoms with Gasteiger partial charge in [0, 0.05) is 43.1 Å². The molecular weight excluding hydrogens is 426 g/mol. The highest BCUT2D eigenvalue weighted by Crippen LogP contribution is 2.34. The summed E-state index contributed by atoms with van der Waals surface area (Å²) >= 11 is 0. The molecular formula is C26H29N7O. The Balaban J connectivity index is 1.58. The first-order valence-corrected chi connectivity index (χ1v) is 11.6. The number of ether oxygens (including phenoxy) is 1. The van der Waals surface area contributed by atoms with Gasteiger partial charge in [-0.3, -0.25) is 4.98 Å². The topological polar surface area (TPSA) is 88.1 Å². The molecule has 4 heterocycles. The minimum Gasteiger partial charge on any atom is -0.494 e. The van der Waals surface area contributed by atoms with Gasteiger partial charge in [0.05, 0.1) is 30.4 Å². The molecule has 34 heavy (non-hydrogen) atoms. The van der Waals surface area contributed by atoms with Gasteiger partial charge in [-0.15, -0.1) is 0 Å². The highest BCUT2D eigenvalue weighted by Gasteiger charge is 2.26. The molecule has 0 radical (unpaired) electrons. The zero-order chi connectivity index (χ0) is 23.5. The van der Waals surface area contributed by atoms with Crippen LogP contribution in [-0.2, 0) is 0 Å². The van der Waals surface area contributed by atoms with E-state index in [2.05, 4.69) is 39.3 Å². The van der Waals surface area contributed by atoms with Gasteiger partial charge in [0.25, 0.3) is 0 Å². The number of nitrogens with one attached hydrogen (secondary N) is 2. The molecule has 0 aliphatic carbocycles. The van der Waals surface area contributed by atoms with E-state index < -0.39 is 0 Å². The molecule has 2 N–H and O–H groups in total. The summed E-state index contributed by atoms with van der Waals surface area (Å²) in [6, 6.07) is 14.3. The number of para-hydroxylation sites is 1. The SMILES string of the molecule is COc1cncc2nc(-c3ccnc(Nc4ccccc4)c3)nc(N3CCNC(C(C)C)C3)c12. The Bertz CT molecular complexity index is 1280. The fourth-order valence-corrected chi connectivity index (χ4v) is 4.27. The third-order valence-corrected chi connectivity index (χ3v) is 6.15. The normalized spacial score (nSPS) is 16.1. The highest BCUT2D eigenvalue weighted by atomic mass is 16.5. The van der Waals surface area contributed by atoms with E-state index in [0.717, 1.165) is 53.4 Å². The lowest BCUT2D eigenvalue weighted by atomic mass is 10.0. The van der Waals surface area contributed by atoms with Crippen LogP contribution in [0.1, 0.15) is 13.8 Å². The van der Waals surface area contributed by atoms with Crippen LogP contribution in [0.15, 0.2) is 61.1 Å². The Hall–Kier alpha value is -3.78. The Morgan fingerprint density at radius 3 is 2.76 bits per heavy atom. The quantitative estimate of drug-likeness (QED) is 0.446. The van der Waals surface area contributed by atoms with Crippen LogP contribution >= 0.6 is 0 Å². The lowest BCUT2D eigenvalue weighted by molar-refractivity contribution is 0.367. The molecule has 1 unspecified atom stereocenters. The van der Waals surface area contributed by atoms with E-state index in [1.165, 1.54) is 0 Å². The molecule has 0 saturated carbocycles. The van der Waals surface area contributed by atoms with E-state index in [9.17, 15) is 0 Å². The van der Waals surface area contributed by atoms with E-state index in [1.54, 1.807) is 25.7 Å². The first-order chi connectivity index (χ1) is 16.6. The van der Waals surface area contributed by atoms with E-state index in [0.29, 0.717) is 23.5 Å². The molecule has 1 aliphatic rings. The largest absolute Gasteiger partial charge is 0.494 e. The number of pyridine rings is 2. The average molecular weight is 456 g/mol. The Morgan fingerprint density at radius 1 is 1.12 bits per heavy atom. The van der Waals surface area contributed by atoms with Gasteiger partial charge in [-0.25, -0.2) is 15.0 Å². The number of methoxy groups -OCH3 is 1. The van der Waals surface area contributed by atoms with Gasteiger partial charge < -0.3 is 20.3 Å². The van der Waals surface area contributed by atoms with Crippen LogP contribution < -0.4 is 20.3 Å². The van der Waals surface area contributed by atoms with E-state index in [1.807, 2.05) is 42.5 Å². The van der Waals surface area contributed by atoms with Crippen molar-refractivity contribution in [2.24, 2.45) is 5.92 Å². The summed E-state index contributed by atoms with van der Waals surface area (Å²) in [5.74, 6) is 3.45. The summed E-state index contributed by atoms with van der Waals surface area (Å²) in [6.07, 6.45) is 5.28. The van der Waals surface area contributed by atoms with Crippen molar-refractivity contribution in [2.45, 2.75) is 19.9 Å². The first-order valence-electron chi connectivity index (χ1n) is 11.6. The number of rotatable bonds is 6. The molecule has 0 amide bonds. The molecule has 0 spiro atoms. The summed E-state index contributed by atoms with van der Waals surface area (Å²) in [4.78, 5) is 21.1. The molecule has 1 atom stereocenters. The smallest absolute Gasteiger partial charge is 0.162 e. The number of piperazine rings is 1. The van der Waals surface area contributed by atoms with Crippen molar-refractivity contribution in [3.05, 3.63) is 61.1 Å². The van der Waals surface area contributed by atoms with Crippen molar-refractivity contribution in [3.8, 4) is 17.1 Å². The second-order valence-corrected chi connectivity index (χ2v) is 8.78. The van der Waals surface area contributed by atoms with Crippen LogP contribution in [0.5, 0.6) is 5.75 Å². The maximum absolute atomic E-state index is 5.66. The van der Waals surface area contributed by atoms with E-state index in [-0.39, 0.29) is 0 Å². The number of fused-ring (bicyclic) bond motifs is 1. The summed E-state index contributed by atoms with van der Waals surface area (Å²) in [6.45, 7) is 7.11. The molecule has 1 aromatic carbocycles. The summed E-state index contributed by atoms with van der Waals surface area (Å²) in [5, 5.41) is 7.87. The standard InChI is InChI=1S/C26H29N7O/c1-17(2)21-16-33(12-11-28-21)26-24-20(14-27-15-22(24)34-3)31-25(32-26)18-9-10-29-23(13-18)30-19-7-5-4-6-8-19/h4-10,13-15,17,21,28H,11-12,16H2,1-3H3,(H,29,30). The summed E-state index contributed by atoms with van der Waals surface area (Å²) in [7, 11) is 1.66. The van der Waals surface area contributed by atoms with Crippen LogP contribution in [0, 0.1) is 5.92 Å². The van der Waals surface area contributed by atoms with Crippen molar-refractivity contribution >= 4 is 28.2 Å². The Kier molecular flexibility index (Phi) is 6.22. The minimum atomic E-state index is 0.387. The molecule has 8 nitrogen and oxygen atoms in total. The van der Waals surface area contributed by atoms with Gasteiger partial charge in [-0.2, -0.15) is 0 Å². The number of benzene rings is 1. The van der Waals surface area contributed by atoms with Gasteiger partial charge in [-0.05, 0) is 30.2 Å². The predicted octanol–water partition coefficient (Wildman–Crippen LogP) is 4.27. The van der Waals surface area contributed by atoms with Gasteiger partial charge >= 0.3 is 0 Å².